The Morgan fingerprint density at radius 1 is 0.909 bits per heavy atom. The Labute approximate surface area is 192 Å². The molecule has 33 heavy (non-hydrogen) atoms. The Balaban J connectivity index is 1.63. The maximum atomic E-state index is 13.6. The van der Waals surface area contributed by atoms with Crippen molar-refractivity contribution in [3.8, 4) is 0 Å². The molecule has 1 aliphatic carbocycles. The zero-order chi connectivity index (χ0) is 23.1. The molecule has 0 radical (unpaired) electrons. The first-order valence-electron chi connectivity index (χ1n) is 11.5. The lowest BCUT2D eigenvalue weighted by molar-refractivity contribution is -0.118. The number of hydrogen-bond donors (Lipinski definition) is 1. The van der Waals surface area contributed by atoms with Crippen molar-refractivity contribution in [3.05, 3.63) is 81.8 Å². The first-order chi connectivity index (χ1) is 15.7. The van der Waals surface area contributed by atoms with Crippen molar-refractivity contribution in [2.45, 2.75) is 32.7 Å². The maximum Gasteiger partial charge on any atom is 0.328 e. The molecule has 0 fully saturated rings. The lowest BCUT2D eigenvalue weighted by atomic mass is 9.68. The number of nitrogens with one attached hydrogen (secondary N) is 1. The molecule has 5 heteroatoms. The SMILES string of the molecule is Cn1c(=O)n(C)c2cc([C@H]3Nc4ccc5ccccc5c4C4=C3C(=O)CC(C)(C)C4)ccc21. The summed E-state index contributed by atoms with van der Waals surface area (Å²) in [6.07, 6.45) is 1.40. The zero-order valence-electron chi connectivity index (χ0n) is 19.4. The second kappa shape index (κ2) is 6.70. The number of carbonyl (C=O) groups is 1. The standard InChI is InChI=1S/C28H27N3O2/c1-28(2)14-19-24-18-8-6-5-7-16(18)9-11-20(24)29-26(25(19)23(32)15-28)17-10-12-21-22(13-17)31(4)27(33)30(21)3/h5-13,26,29H,14-15H2,1-4H3/t26-/m1/s1. The molecule has 0 saturated carbocycles. The predicted octanol–water partition coefficient (Wildman–Crippen LogP) is 5.34. The lowest BCUT2D eigenvalue weighted by Gasteiger charge is -2.40. The first kappa shape index (κ1) is 20.0. The van der Waals surface area contributed by atoms with Crippen LogP contribution in [0.5, 0.6) is 0 Å². The monoisotopic (exact) mass is 437 g/mol. The molecule has 5 nitrogen and oxygen atoms in total. The van der Waals surface area contributed by atoms with E-state index in [4.69, 9.17) is 0 Å². The third kappa shape index (κ3) is 2.85. The number of aromatic nitrogens is 2. The average Bonchev–Trinajstić information content (AvgIpc) is 3.00. The Bertz CT molecular complexity index is 1580. The van der Waals surface area contributed by atoms with Crippen molar-refractivity contribution < 1.29 is 4.79 Å². The molecule has 0 bridgehead atoms. The molecule has 3 aromatic carbocycles. The molecular weight excluding hydrogens is 410 g/mol. The maximum absolute atomic E-state index is 13.6. The van der Waals surface area contributed by atoms with E-state index in [1.165, 1.54) is 10.8 Å². The van der Waals surface area contributed by atoms with Gasteiger partial charge in [-0.15, -0.1) is 0 Å². The van der Waals surface area contributed by atoms with Gasteiger partial charge in [0.2, 0.25) is 0 Å². The molecule has 0 saturated heterocycles. The highest BCUT2D eigenvalue weighted by Crippen LogP contribution is 2.52. The van der Waals surface area contributed by atoms with Gasteiger partial charge in [0.05, 0.1) is 17.1 Å². The highest BCUT2D eigenvalue weighted by molar-refractivity contribution is 6.13. The van der Waals surface area contributed by atoms with E-state index in [1.54, 1.807) is 23.2 Å². The number of aryl methyl sites for hydroxylation is 2. The van der Waals surface area contributed by atoms with E-state index in [2.05, 4.69) is 61.6 Å². The summed E-state index contributed by atoms with van der Waals surface area (Å²) in [7, 11) is 3.58. The smallest absolute Gasteiger partial charge is 0.328 e. The fraction of sp³-hybridized carbons (Fsp3) is 0.286. The molecule has 2 heterocycles. The third-order valence-corrected chi connectivity index (χ3v) is 7.37. The second-order valence-electron chi connectivity index (χ2n) is 10.3. The number of anilines is 1. The first-order valence-corrected chi connectivity index (χ1v) is 11.5. The van der Waals surface area contributed by atoms with Gasteiger partial charge in [-0.2, -0.15) is 0 Å². The third-order valence-electron chi connectivity index (χ3n) is 7.37. The second-order valence-corrected chi connectivity index (χ2v) is 10.3. The normalized spacial score (nSPS) is 19.5. The lowest BCUT2D eigenvalue weighted by Crippen LogP contribution is -2.33. The number of nitrogens with zero attached hydrogens (tertiary/aromatic N) is 2. The van der Waals surface area contributed by atoms with E-state index < -0.39 is 0 Å². The fourth-order valence-corrected chi connectivity index (χ4v) is 5.79. The molecule has 4 aromatic rings. The molecule has 0 spiro atoms. The summed E-state index contributed by atoms with van der Waals surface area (Å²) < 4.78 is 3.33. The van der Waals surface area contributed by atoms with Gasteiger partial charge in [-0.3, -0.25) is 13.9 Å². The van der Waals surface area contributed by atoms with Crippen molar-refractivity contribution in [2.75, 3.05) is 5.32 Å². The molecule has 166 valence electrons. The summed E-state index contributed by atoms with van der Waals surface area (Å²) in [6.45, 7) is 4.37. The summed E-state index contributed by atoms with van der Waals surface area (Å²) in [5.41, 5.74) is 6.88. The van der Waals surface area contributed by atoms with Gasteiger partial charge >= 0.3 is 5.69 Å². The summed E-state index contributed by atoms with van der Waals surface area (Å²) in [6, 6.07) is 18.5. The topological polar surface area (TPSA) is 56.0 Å². The predicted molar refractivity (Wildman–Crippen MR) is 133 cm³/mol. The van der Waals surface area contributed by atoms with Crippen LogP contribution in [-0.4, -0.2) is 14.9 Å². The van der Waals surface area contributed by atoms with Crippen LogP contribution in [0, 0.1) is 5.41 Å². The highest BCUT2D eigenvalue weighted by Gasteiger charge is 2.40. The number of hydrogen-bond acceptors (Lipinski definition) is 3. The van der Waals surface area contributed by atoms with Gasteiger partial charge in [-0.25, -0.2) is 4.79 Å². The van der Waals surface area contributed by atoms with Crippen LogP contribution in [0.3, 0.4) is 0 Å². The van der Waals surface area contributed by atoms with Crippen LogP contribution >= 0.6 is 0 Å². The van der Waals surface area contributed by atoms with E-state index in [-0.39, 0.29) is 22.9 Å². The van der Waals surface area contributed by atoms with E-state index >= 15 is 0 Å². The quantitative estimate of drug-likeness (QED) is 0.437. The van der Waals surface area contributed by atoms with Gasteiger partial charge < -0.3 is 5.32 Å². The fourth-order valence-electron chi connectivity index (χ4n) is 5.79. The summed E-state index contributed by atoms with van der Waals surface area (Å²) in [5.74, 6) is 0.208. The number of ketones is 1. The molecule has 2 aliphatic rings. The Hall–Kier alpha value is -3.60. The summed E-state index contributed by atoms with van der Waals surface area (Å²) >= 11 is 0. The van der Waals surface area contributed by atoms with Gasteiger partial charge in [0, 0.05) is 37.3 Å². The summed E-state index contributed by atoms with van der Waals surface area (Å²) in [4.78, 5) is 26.1. The molecular formula is C28H27N3O2. The van der Waals surface area contributed by atoms with Crippen LogP contribution in [0.15, 0.2) is 65.0 Å². The van der Waals surface area contributed by atoms with E-state index in [0.717, 1.165) is 45.4 Å². The van der Waals surface area contributed by atoms with Crippen molar-refractivity contribution in [1.29, 1.82) is 0 Å². The zero-order valence-corrected chi connectivity index (χ0v) is 19.4. The van der Waals surface area contributed by atoms with Crippen molar-refractivity contribution in [1.82, 2.24) is 9.13 Å². The number of fused-ring (bicyclic) bond motifs is 5. The number of allylic oxidation sites excluding steroid dienone is 1. The molecule has 6 rings (SSSR count). The molecule has 1 atom stereocenters. The molecule has 1 aromatic heterocycles. The number of imidazole rings is 1. The van der Waals surface area contributed by atoms with Crippen LogP contribution in [0.1, 0.15) is 43.9 Å². The molecule has 1 aliphatic heterocycles. The van der Waals surface area contributed by atoms with Crippen LogP contribution in [0.4, 0.5) is 5.69 Å². The van der Waals surface area contributed by atoms with Crippen LogP contribution in [-0.2, 0) is 18.9 Å². The number of carbonyl (C=O) groups excluding carboxylic acids is 1. The van der Waals surface area contributed by atoms with Crippen LogP contribution in [0.2, 0.25) is 0 Å². The summed E-state index contributed by atoms with van der Waals surface area (Å²) in [5, 5.41) is 6.06. The minimum atomic E-state index is -0.239. The number of rotatable bonds is 1. The van der Waals surface area contributed by atoms with E-state index in [1.807, 2.05) is 12.1 Å². The number of Topliss-reactive ketones (excluding diaryl/α,β-unsaturated/α-hetero) is 1. The largest absolute Gasteiger partial charge is 0.373 e. The van der Waals surface area contributed by atoms with Crippen molar-refractivity contribution in [2.24, 2.45) is 19.5 Å². The minimum Gasteiger partial charge on any atom is -0.373 e. The van der Waals surface area contributed by atoms with E-state index in [0.29, 0.717) is 6.42 Å². The van der Waals surface area contributed by atoms with Gasteiger partial charge in [0.15, 0.2) is 5.78 Å². The van der Waals surface area contributed by atoms with Gasteiger partial charge in [-0.1, -0.05) is 50.2 Å². The minimum absolute atomic E-state index is 0.0500. The Morgan fingerprint density at radius 3 is 2.48 bits per heavy atom. The average molecular weight is 438 g/mol. The molecule has 0 unspecified atom stereocenters. The Kier molecular flexibility index (Phi) is 4.07. The highest BCUT2D eigenvalue weighted by atomic mass is 16.1. The molecule has 1 N–H and O–H groups in total. The van der Waals surface area contributed by atoms with Crippen LogP contribution in [0.25, 0.3) is 27.4 Å². The van der Waals surface area contributed by atoms with Crippen molar-refractivity contribution >= 4 is 38.8 Å². The Morgan fingerprint density at radius 2 is 1.67 bits per heavy atom. The van der Waals surface area contributed by atoms with Gasteiger partial charge in [0.1, 0.15) is 0 Å². The van der Waals surface area contributed by atoms with Gasteiger partial charge in [0.25, 0.3) is 0 Å². The van der Waals surface area contributed by atoms with E-state index in [9.17, 15) is 9.59 Å². The number of benzene rings is 3. The van der Waals surface area contributed by atoms with Crippen molar-refractivity contribution in [3.63, 3.8) is 0 Å². The van der Waals surface area contributed by atoms with Crippen LogP contribution < -0.4 is 11.0 Å². The molecule has 0 amide bonds. The van der Waals surface area contributed by atoms with Gasteiger partial charge in [-0.05, 0) is 51.9 Å².